The molecule has 4 heteroatoms. The lowest BCUT2D eigenvalue weighted by molar-refractivity contribution is 0.0951. The largest absolute Gasteiger partial charge is 0.351 e. The standard InChI is InChI=1S/C16H15BrClNO/c1-11(12-5-3-2-4-6-12)10-19-16(20)14-9-13(17)7-8-15(14)18/h2-9,11H,10H2,1H3,(H,19,20)/t11-/m1/s1. The van der Waals surface area contributed by atoms with Gasteiger partial charge in [-0.05, 0) is 29.7 Å². The Kier molecular flexibility index (Phi) is 5.21. The van der Waals surface area contributed by atoms with Crippen molar-refractivity contribution in [1.82, 2.24) is 5.32 Å². The van der Waals surface area contributed by atoms with Gasteiger partial charge in [-0.2, -0.15) is 0 Å². The van der Waals surface area contributed by atoms with Crippen molar-refractivity contribution in [2.45, 2.75) is 12.8 Å². The normalized spacial score (nSPS) is 11.9. The summed E-state index contributed by atoms with van der Waals surface area (Å²) in [5, 5.41) is 3.38. The van der Waals surface area contributed by atoms with Crippen molar-refractivity contribution in [3.63, 3.8) is 0 Å². The molecule has 0 saturated carbocycles. The SMILES string of the molecule is C[C@H](CNC(=O)c1cc(Br)ccc1Cl)c1ccccc1. The molecule has 0 bridgehead atoms. The molecule has 2 rings (SSSR count). The van der Waals surface area contributed by atoms with Crippen LogP contribution in [0.15, 0.2) is 53.0 Å². The average Bonchev–Trinajstić information content (AvgIpc) is 2.47. The molecule has 20 heavy (non-hydrogen) atoms. The molecule has 0 aromatic heterocycles. The molecule has 1 N–H and O–H groups in total. The second-order valence-electron chi connectivity index (χ2n) is 4.65. The fourth-order valence-corrected chi connectivity index (χ4v) is 2.48. The Hall–Kier alpha value is -1.32. The molecule has 2 aromatic carbocycles. The second-order valence-corrected chi connectivity index (χ2v) is 5.97. The van der Waals surface area contributed by atoms with E-state index in [0.717, 1.165) is 4.47 Å². The summed E-state index contributed by atoms with van der Waals surface area (Å²) in [5.41, 5.74) is 1.69. The summed E-state index contributed by atoms with van der Waals surface area (Å²) >= 11 is 9.38. The number of benzene rings is 2. The van der Waals surface area contributed by atoms with Crippen LogP contribution in [0.5, 0.6) is 0 Å². The monoisotopic (exact) mass is 351 g/mol. The molecule has 2 nitrogen and oxygen atoms in total. The first kappa shape index (κ1) is 15.1. The number of rotatable bonds is 4. The Morgan fingerprint density at radius 3 is 2.65 bits per heavy atom. The third-order valence-electron chi connectivity index (χ3n) is 3.11. The summed E-state index contributed by atoms with van der Waals surface area (Å²) in [4.78, 5) is 12.1. The summed E-state index contributed by atoms with van der Waals surface area (Å²) in [6, 6.07) is 15.3. The molecule has 0 aliphatic carbocycles. The van der Waals surface area contributed by atoms with E-state index in [1.165, 1.54) is 5.56 Å². The van der Waals surface area contributed by atoms with Crippen LogP contribution in [0.25, 0.3) is 0 Å². The van der Waals surface area contributed by atoms with Crippen molar-refractivity contribution >= 4 is 33.4 Å². The van der Waals surface area contributed by atoms with Crippen molar-refractivity contribution < 1.29 is 4.79 Å². The van der Waals surface area contributed by atoms with E-state index in [9.17, 15) is 4.79 Å². The van der Waals surface area contributed by atoms with E-state index in [2.05, 4.69) is 40.3 Å². The van der Waals surface area contributed by atoms with E-state index in [1.54, 1.807) is 12.1 Å². The number of hydrogen-bond acceptors (Lipinski definition) is 1. The van der Waals surface area contributed by atoms with E-state index in [0.29, 0.717) is 17.1 Å². The van der Waals surface area contributed by atoms with Gasteiger partial charge in [-0.3, -0.25) is 4.79 Å². The molecular weight excluding hydrogens is 338 g/mol. The minimum Gasteiger partial charge on any atom is -0.351 e. The topological polar surface area (TPSA) is 29.1 Å². The van der Waals surface area contributed by atoms with Gasteiger partial charge in [0, 0.05) is 11.0 Å². The second kappa shape index (κ2) is 6.91. The Morgan fingerprint density at radius 2 is 1.95 bits per heavy atom. The van der Waals surface area contributed by atoms with Crippen LogP contribution in [0.3, 0.4) is 0 Å². The molecule has 0 unspecified atom stereocenters. The van der Waals surface area contributed by atoms with Crippen LogP contribution in [-0.4, -0.2) is 12.5 Å². The summed E-state index contributed by atoms with van der Waals surface area (Å²) in [7, 11) is 0. The quantitative estimate of drug-likeness (QED) is 0.853. The van der Waals surface area contributed by atoms with Gasteiger partial charge in [0.2, 0.25) is 0 Å². The Balaban J connectivity index is 2.00. The van der Waals surface area contributed by atoms with Crippen molar-refractivity contribution in [2.24, 2.45) is 0 Å². The number of halogens is 2. The van der Waals surface area contributed by atoms with Crippen molar-refractivity contribution in [1.29, 1.82) is 0 Å². The van der Waals surface area contributed by atoms with E-state index in [1.807, 2.05) is 24.3 Å². The van der Waals surface area contributed by atoms with Gasteiger partial charge in [0.15, 0.2) is 0 Å². The molecule has 0 radical (unpaired) electrons. The minimum absolute atomic E-state index is 0.154. The zero-order valence-electron chi connectivity index (χ0n) is 11.1. The van der Waals surface area contributed by atoms with Crippen LogP contribution in [0, 0.1) is 0 Å². The molecule has 2 aromatic rings. The molecular formula is C16H15BrClNO. The number of hydrogen-bond donors (Lipinski definition) is 1. The fourth-order valence-electron chi connectivity index (χ4n) is 1.91. The summed E-state index contributed by atoms with van der Waals surface area (Å²) in [6.45, 7) is 2.66. The number of amides is 1. The van der Waals surface area contributed by atoms with Crippen LogP contribution < -0.4 is 5.32 Å². The predicted molar refractivity (Wildman–Crippen MR) is 86.3 cm³/mol. The maximum atomic E-state index is 12.1. The highest BCUT2D eigenvalue weighted by atomic mass is 79.9. The van der Waals surface area contributed by atoms with Crippen LogP contribution >= 0.6 is 27.5 Å². The van der Waals surface area contributed by atoms with Crippen molar-refractivity contribution in [3.8, 4) is 0 Å². The number of nitrogens with one attached hydrogen (secondary N) is 1. The minimum atomic E-state index is -0.154. The van der Waals surface area contributed by atoms with Crippen molar-refractivity contribution in [2.75, 3.05) is 6.54 Å². The lowest BCUT2D eigenvalue weighted by Gasteiger charge is -2.13. The van der Waals surface area contributed by atoms with Crippen LogP contribution in [0.1, 0.15) is 28.8 Å². The predicted octanol–water partition coefficient (Wildman–Crippen LogP) is 4.64. The van der Waals surface area contributed by atoms with Crippen LogP contribution in [0.2, 0.25) is 5.02 Å². The van der Waals surface area contributed by atoms with E-state index in [-0.39, 0.29) is 11.8 Å². The highest BCUT2D eigenvalue weighted by molar-refractivity contribution is 9.10. The zero-order chi connectivity index (χ0) is 14.5. The molecule has 1 amide bonds. The van der Waals surface area contributed by atoms with Gasteiger partial charge in [0.1, 0.15) is 0 Å². The van der Waals surface area contributed by atoms with Crippen LogP contribution in [-0.2, 0) is 0 Å². The molecule has 0 heterocycles. The van der Waals surface area contributed by atoms with Gasteiger partial charge >= 0.3 is 0 Å². The number of carbonyl (C=O) groups excluding carboxylic acids is 1. The van der Waals surface area contributed by atoms with Gasteiger partial charge in [0.05, 0.1) is 10.6 Å². The molecule has 104 valence electrons. The van der Waals surface area contributed by atoms with E-state index >= 15 is 0 Å². The molecule has 0 fully saturated rings. The first-order valence-corrected chi connectivity index (χ1v) is 7.53. The molecule has 1 atom stereocenters. The lowest BCUT2D eigenvalue weighted by Crippen LogP contribution is -2.27. The fraction of sp³-hybridized carbons (Fsp3) is 0.188. The average molecular weight is 353 g/mol. The van der Waals surface area contributed by atoms with Gasteiger partial charge in [-0.15, -0.1) is 0 Å². The third kappa shape index (κ3) is 3.84. The van der Waals surface area contributed by atoms with Crippen molar-refractivity contribution in [3.05, 3.63) is 69.2 Å². The van der Waals surface area contributed by atoms with Gasteiger partial charge in [0.25, 0.3) is 5.91 Å². The number of carbonyl (C=O) groups is 1. The summed E-state index contributed by atoms with van der Waals surface area (Å²) in [5.74, 6) is 0.102. The lowest BCUT2D eigenvalue weighted by atomic mass is 10.0. The van der Waals surface area contributed by atoms with E-state index < -0.39 is 0 Å². The highest BCUT2D eigenvalue weighted by Gasteiger charge is 2.12. The smallest absolute Gasteiger partial charge is 0.252 e. The highest BCUT2D eigenvalue weighted by Crippen LogP contribution is 2.21. The molecule has 0 aliphatic rings. The Bertz CT molecular complexity index is 601. The maximum absolute atomic E-state index is 12.1. The summed E-state index contributed by atoms with van der Waals surface area (Å²) < 4.78 is 0.836. The van der Waals surface area contributed by atoms with Gasteiger partial charge in [-0.25, -0.2) is 0 Å². The molecule has 0 spiro atoms. The third-order valence-corrected chi connectivity index (χ3v) is 3.93. The Morgan fingerprint density at radius 1 is 1.25 bits per heavy atom. The van der Waals surface area contributed by atoms with Gasteiger partial charge in [-0.1, -0.05) is 64.8 Å². The Labute approximate surface area is 132 Å². The molecule has 0 aliphatic heterocycles. The first-order chi connectivity index (χ1) is 9.58. The zero-order valence-corrected chi connectivity index (χ0v) is 13.4. The van der Waals surface area contributed by atoms with E-state index in [4.69, 9.17) is 11.6 Å². The first-order valence-electron chi connectivity index (χ1n) is 6.36. The summed E-state index contributed by atoms with van der Waals surface area (Å²) in [6.07, 6.45) is 0. The van der Waals surface area contributed by atoms with Crippen LogP contribution in [0.4, 0.5) is 0 Å². The van der Waals surface area contributed by atoms with Gasteiger partial charge < -0.3 is 5.32 Å². The molecule has 0 saturated heterocycles. The maximum Gasteiger partial charge on any atom is 0.252 e.